The van der Waals surface area contributed by atoms with Crippen LogP contribution in [0.15, 0.2) is 64.5 Å². The number of aromatic amines is 1. The van der Waals surface area contributed by atoms with E-state index >= 15 is 0 Å². The van der Waals surface area contributed by atoms with Gasteiger partial charge in [0, 0.05) is 11.2 Å². The van der Waals surface area contributed by atoms with Crippen molar-refractivity contribution < 1.29 is 14.3 Å². The number of methoxy groups -OCH3 is 1. The summed E-state index contributed by atoms with van der Waals surface area (Å²) in [6.07, 6.45) is 1.18. The Kier molecular flexibility index (Phi) is 5.27. The number of nitrogens with one attached hydrogen (secondary N) is 3. The van der Waals surface area contributed by atoms with Crippen molar-refractivity contribution in [2.24, 2.45) is 5.10 Å². The van der Waals surface area contributed by atoms with Gasteiger partial charge in [-0.15, -0.1) is 0 Å². The van der Waals surface area contributed by atoms with Gasteiger partial charge in [-0.25, -0.2) is 5.43 Å². The molecule has 3 aromatic rings. The van der Waals surface area contributed by atoms with E-state index in [1.165, 1.54) is 13.3 Å². The molecular weight excluding hydrogens is 348 g/mol. The third-order valence-electron chi connectivity index (χ3n) is 3.71. The van der Waals surface area contributed by atoms with Crippen molar-refractivity contribution in [1.29, 1.82) is 0 Å². The number of pyridine rings is 1. The molecule has 0 saturated carbocycles. The molecule has 136 valence electrons. The number of ether oxygens (including phenoxy) is 1. The monoisotopic (exact) mass is 364 g/mol. The van der Waals surface area contributed by atoms with E-state index in [9.17, 15) is 14.4 Å². The summed E-state index contributed by atoms with van der Waals surface area (Å²) in [6.45, 7) is 0. The normalized spacial score (nSPS) is 10.7. The van der Waals surface area contributed by atoms with Crippen LogP contribution in [0.5, 0.6) is 5.75 Å². The van der Waals surface area contributed by atoms with Crippen LogP contribution in [0.1, 0.15) is 5.56 Å². The van der Waals surface area contributed by atoms with Crippen molar-refractivity contribution in [2.75, 3.05) is 12.4 Å². The summed E-state index contributed by atoms with van der Waals surface area (Å²) in [5.74, 6) is -1.22. The number of benzene rings is 2. The molecule has 0 aliphatic carbocycles. The van der Waals surface area contributed by atoms with E-state index in [0.717, 1.165) is 5.39 Å². The highest BCUT2D eigenvalue weighted by Crippen LogP contribution is 2.14. The van der Waals surface area contributed by atoms with Gasteiger partial charge in [-0.2, -0.15) is 5.10 Å². The fourth-order valence-corrected chi connectivity index (χ4v) is 2.33. The molecule has 1 aromatic heterocycles. The van der Waals surface area contributed by atoms with Crippen LogP contribution in [0.4, 0.5) is 5.69 Å². The molecule has 0 saturated heterocycles. The van der Waals surface area contributed by atoms with Gasteiger partial charge in [0.25, 0.3) is 5.56 Å². The quantitative estimate of drug-likeness (QED) is 0.371. The smallest absolute Gasteiger partial charge is 0.329 e. The predicted molar refractivity (Wildman–Crippen MR) is 102 cm³/mol. The van der Waals surface area contributed by atoms with Gasteiger partial charge in [-0.3, -0.25) is 14.4 Å². The Hall–Kier alpha value is -3.94. The number of amides is 2. The molecule has 27 heavy (non-hydrogen) atoms. The van der Waals surface area contributed by atoms with E-state index < -0.39 is 11.8 Å². The van der Waals surface area contributed by atoms with E-state index in [1.807, 2.05) is 18.2 Å². The first-order valence-electron chi connectivity index (χ1n) is 7.97. The zero-order chi connectivity index (χ0) is 19.2. The number of para-hydroxylation sites is 1. The summed E-state index contributed by atoms with van der Waals surface area (Å²) < 4.78 is 5.01. The maximum atomic E-state index is 12.0. The van der Waals surface area contributed by atoms with Crippen LogP contribution in [0.25, 0.3) is 10.9 Å². The second-order valence-corrected chi connectivity index (χ2v) is 5.52. The summed E-state index contributed by atoms with van der Waals surface area (Å²) in [4.78, 5) is 38.4. The lowest BCUT2D eigenvalue weighted by Gasteiger charge is -2.05. The Morgan fingerprint density at radius 1 is 1.07 bits per heavy atom. The van der Waals surface area contributed by atoms with Crippen LogP contribution in [0, 0.1) is 0 Å². The second kappa shape index (κ2) is 7.96. The van der Waals surface area contributed by atoms with E-state index in [1.54, 1.807) is 36.4 Å². The molecule has 0 aliphatic heterocycles. The second-order valence-electron chi connectivity index (χ2n) is 5.52. The van der Waals surface area contributed by atoms with Crippen LogP contribution < -0.4 is 21.0 Å². The predicted octanol–water partition coefficient (Wildman–Crippen LogP) is 1.63. The van der Waals surface area contributed by atoms with Crippen molar-refractivity contribution in [1.82, 2.24) is 10.4 Å². The number of fused-ring (bicyclic) bond motifs is 1. The number of hydrogen-bond donors (Lipinski definition) is 3. The van der Waals surface area contributed by atoms with Crippen molar-refractivity contribution in [3.05, 3.63) is 70.5 Å². The Balaban J connectivity index is 1.63. The lowest BCUT2D eigenvalue weighted by molar-refractivity contribution is -0.136. The molecule has 2 aromatic carbocycles. The average molecular weight is 364 g/mol. The van der Waals surface area contributed by atoms with Gasteiger partial charge in [0.15, 0.2) is 0 Å². The molecule has 0 atom stereocenters. The first-order chi connectivity index (χ1) is 13.1. The average Bonchev–Trinajstić information content (AvgIpc) is 2.68. The molecule has 8 heteroatoms. The summed E-state index contributed by atoms with van der Waals surface area (Å²) in [5, 5.41) is 6.92. The maximum absolute atomic E-state index is 12.0. The molecule has 8 nitrogen and oxygen atoms in total. The van der Waals surface area contributed by atoms with Crippen molar-refractivity contribution in [3.8, 4) is 5.75 Å². The lowest BCUT2D eigenvalue weighted by atomic mass is 10.2. The number of hydrazone groups is 1. The van der Waals surface area contributed by atoms with Crippen molar-refractivity contribution >= 4 is 34.6 Å². The van der Waals surface area contributed by atoms with Crippen molar-refractivity contribution in [3.63, 3.8) is 0 Å². The number of carbonyl (C=O) groups is 2. The number of aromatic nitrogens is 1. The molecule has 0 spiro atoms. The SMILES string of the molecule is COc1ccc(NC(=O)C(=O)N/N=C\c2cc3ccccc3[nH]c2=O)cc1. The first-order valence-corrected chi connectivity index (χ1v) is 7.97. The highest BCUT2D eigenvalue weighted by molar-refractivity contribution is 6.39. The fraction of sp³-hybridized carbons (Fsp3) is 0.0526. The summed E-state index contributed by atoms with van der Waals surface area (Å²) >= 11 is 0. The molecule has 3 rings (SSSR count). The number of hydrogen-bond acceptors (Lipinski definition) is 5. The van der Waals surface area contributed by atoms with Gasteiger partial charge >= 0.3 is 11.8 Å². The third-order valence-corrected chi connectivity index (χ3v) is 3.71. The van der Waals surface area contributed by atoms with Crippen LogP contribution in [0.2, 0.25) is 0 Å². The zero-order valence-electron chi connectivity index (χ0n) is 14.4. The van der Waals surface area contributed by atoms with Gasteiger partial charge < -0.3 is 15.0 Å². The van der Waals surface area contributed by atoms with Crippen LogP contribution >= 0.6 is 0 Å². The van der Waals surface area contributed by atoms with Crippen LogP contribution in [-0.2, 0) is 9.59 Å². The molecule has 0 unspecified atom stereocenters. The topological polar surface area (TPSA) is 113 Å². The zero-order valence-corrected chi connectivity index (χ0v) is 14.4. The molecular formula is C19H16N4O4. The number of rotatable bonds is 4. The van der Waals surface area contributed by atoms with Crippen LogP contribution in [0.3, 0.4) is 0 Å². The van der Waals surface area contributed by atoms with E-state index in [0.29, 0.717) is 17.0 Å². The molecule has 0 aliphatic rings. The molecule has 2 amide bonds. The van der Waals surface area contributed by atoms with E-state index in [2.05, 4.69) is 20.8 Å². The summed E-state index contributed by atoms with van der Waals surface area (Å²) in [6, 6.07) is 15.4. The molecule has 0 fully saturated rings. The van der Waals surface area contributed by atoms with Gasteiger partial charge in [0.2, 0.25) is 0 Å². The largest absolute Gasteiger partial charge is 0.497 e. The Morgan fingerprint density at radius 3 is 2.56 bits per heavy atom. The highest BCUT2D eigenvalue weighted by atomic mass is 16.5. The number of anilines is 1. The van der Waals surface area contributed by atoms with Gasteiger partial charge in [-0.05, 0) is 41.8 Å². The van der Waals surface area contributed by atoms with E-state index in [4.69, 9.17) is 4.74 Å². The number of carbonyl (C=O) groups excluding carboxylic acids is 2. The van der Waals surface area contributed by atoms with Gasteiger partial charge in [-0.1, -0.05) is 18.2 Å². The van der Waals surface area contributed by atoms with Crippen molar-refractivity contribution in [2.45, 2.75) is 0 Å². The minimum absolute atomic E-state index is 0.254. The molecule has 1 heterocycles. The van der Waals surface area contributed by atoms with Gasteiger partial charge in [0.1, 0.15) is 5.75 Å². The minimum Gasteiger partial charge on any atom is -0.497 e. The highest BCUT2D eigenvalue weighted by Gasteiger charge is 2.13. The lowest BCUT2D eigenvalue weighted by Crippen LogP contribution is -2.32. The summed E-state index contributed by atoms with van der Waals surface area (Å²) in [5.41, 5.74) is 3.12. The minimum atomic E-state index is -0.959. The first kappa shape index (κ1) is 17.9. The number of nitrogens with zero attached hydrogens (tertiary/aromatic N) is 1. The standard InChI is InChI=1S/C19H16N4O4/c1-27-15-8-6-14(7-9-15)21-18(25)19(26)23-20-11-13-10-12-4-2-3-5-16(12)22-17(13)24/h2-11H,1H3,(H,21,25)(H,22,24)(H,23,26)/b20-11-. The Labute approximate surface area is 153 Å². The Morgan fingerprint density at radius 2 is 1.81 bits per heavy atom. The molecule has 0 bridgehead atoms. The maximum Gasteiger partial charge on any atom is 0.329 e. The third kappa shape index (κ3) is 4.37. The van der Waals surface area contributed by atoms with Gasteiger partial charge in [0.05, 0.1) is 18.9 Å². The summed E-state index contributed by atoms with van der Waals surface area (Å²) in [7, 11) is 1.53. The molecule has 0 radical (unpaired) electrons. The molecule has 3 N–H and O–H groups in total. The van der Waals surface area contributed by atoms with Crippen LogP contribution in [-0.4, -0.2) is 30.1 Å². The Bertz CT molecular complexity index is 1070. The fourth-order valence-electron chi connectivity index (χ4n) is 2.33. The van der Waals surface area contributed by atoms with E-state index in [-0.39, 0.29) is 11.1 Å². The number of H-pyrrole nitrogens is 1.